The maximum Gasteiger partial charge on any atom is 0.130 e. The Morgan fingerprint density at radius 1 is 1.25 bits per heavy atom. The summed E-state index contributed by atoms with van der Waals surface area (Å²) in [6, 6.07) is 8.47. The van der Waals surface area contributed by atoms with E-state index >= 15 is 0 Å². The Morgan fingerprint density at radius 2 is 1.95 bits per heavy atom. The second kappa shape index (κ2) is 6.42. The molecule has 0 aliphatic rings. The van der Waals surface area contributed by atoms with Gasteiger partial charge in [-0.05, 0) is 50.3 Å². The molecule has 0 radical (unpaired) electrons. The zero-order valence-electron chi connectivity index (χ0n) is 12.4. The first-order valence-corrected chi connectivity index (χ1v) is 7.33. The van der Waals surface area contributed by atoms with E-state index in [1.54, 1.807) is 4.68 Å². The molecule has 20 heavy (non-hydrogen) atoms. The highest BCUT2D eigenvalue weighted by atomic mass is 35.5. The van der Waals surface area contributed by atoms with Gasteiger partial charge in [-0.25, -0.2) is 0 Å². The van der Waals surface area contributed by atoms with E-state index in [1.165, 1.54) is 11.1 Å². The summed E-state index contributed by atoms with van der Waals surface area (Å²) in [6.07, 6.45) is 1.86. The van der Waals surface area contributed by atoms with Crippen molar-refractivity contribution in [1.82, 2.24) is 9.78 Å². The number of hydrogen-bond acceptors (Lipinski definition) is 2. The quantitative estimate of drug-likeness (QED) is 0.920. The molecule has 2 aromatic rings. The van der Waals surface area contributed by atoms with Crippen LogP contribution in [0, 0.1) is 19.8 Å². The number of nitrogens with two attached hydrogens (primary N) is 1. The Balaban J connectivity index is 2.15. The molecule has 0 amide bonds. The standard InChI is InChI=1S/C16H22ClN3/c1-11-6-4-5-7-14(11)8-13(10-18)9-15-12(2)19-20(3)16(15)17/h4-7,13H,8-10,18H2,1-3H3. The lowest BCUT2D eigenvalue weighted by Crippen LogP contribution is -2.20. The average molecular weight is 292 g/mol. The fraction of sp³-hybridized carbons (Fsp3) is 0.438. The molecule has 0 spiro atoms. The van der Waals surface area contributed by atoms with Gasteiger partial charge in [-0.3, -0.25) is 4.68 Å². The first kappa shape index (κ1) is 15.1. The third-order valence-corrected chi connectivity index (χ3v) is 4.34. The van der Waals surface area contributed by atoms with Gasteiger partial charge in [0.05, 0.1) is 5.69 Å². The molecule has 0 aliphatic carbocycles. The Morgan fingerprint density at radius 3 is 2.50 bits per heavy atom. The highest BCUT2D eigenvalue weighted by Crippen LogP contribution is 2.24. The molecule has 2 N–H and O–H groups in total. The van der Waals surface area contributed by atoms with Gasteiger partial charge in [0.25, 0.3) is 0 Å². The molecular formula is C16H22ClN3. The van der Waals surface area contributed by atoms with E-state index in [0.29, 0.717) is 12.5 Å². The van der Waals surface area contributed by atoms with Crippen LogP contribution in [0.25, 0.3) is 0 Å². The van der Waals surface area contributed by atoms with Crippen LogP contribution in [0.4, 0.5) is 0 Å². The van der Waals surface area contributed by atoms with Crippen LogP contribution in [-0.2, 0) is 19.9 Å². The minimum Gasteiger partial charge on any atom is -0.330 e. The second-order valence-electron chi connectivity index (χ2n) is 5.41. The van der Waals surface area contributed by atoms with Gasteiger partial charge in [0.1, 0.15) is 5.15 Å². The van der Waals surface area contributed by atoms with E-state index in [2.05, 4.69) is 36.3 Å². The maximum absolute atomic E-state index is 6.31. The zero-order valence-corrected chi connectivity index (χ0v) is 13.1. The van der Waals surface area contributed by atoms with Crippen molar-refractivity contribution >= 4 is 11.6 Å². The van der Waals surface area contributed by atoms with E-state index < -0.39 is 0 Å². The Labute approximate surface area is 125 Å². The van der Waals surface area contributed by atoms with E-state index in [4.69, 9.17) is 17.3 Å². The highest BCUT2D eigenvalue weighted by molar-refractivity contribution is 6.30. The molecule has 1 aromatic heterocycles. The first-order valence-electron chi connectivity index (χ1n) is 6.95. The average Bonchev–Trinajstić information content (AvgIpc) is 2.66. The largest absolute Gasteiger partial charge is 0.330 e. The van der Waals surface area contributed by atoms with Crippen molar-refractivity contribution in [3.8, 4) is 0 Å². The molecular weight excluding hydrogens is 270 g/mol. The molecule has 3 nitrogen and oxygen atoms in total. The number of aromatic nitrogens is 2. The van der Waals surface area contributed by atoms with Crippen molar-refractivity contribution in [3.05, 3.63) is 51.8 Å². The van der Waals surface area contributed by atoms with Gasteiger partial charge in [0, 0.05) is 12.6 Å². The Kier molecular flexibility index (Phi) is 4.84. The van der Waals surface area contributed by atoms with Crippen molar-refractivity contribution < 1.29 is 0 Å². The van der Waals surface area contributed by atoms with Gasteiger partial charge in [-0.15, -0.1) is 0 Å². The molecule has 0 bridgehead atoms. The minimum absolute atomic E-state index is 0.386. The summed E-state index contributed by atoms with van der Waals surface area (Å²) < 4.78 is 1.73. The molecule has 4 heteroatoms. The molecule has 1 atom stereocenters. The third-order valence-electron chi connectivity index (χ3n) is 3.87. The molecule has 1 aromatic carbocycles. The smallest absolute Gasteiger partial charge is 0.130 e. The number of halogens is 1. The predicted molar refractivity (Wildman–Crippen MR) is 84.1 cm³/mol. The number of benzene rings is 1. The maximum atomic E-state index is 6.31. The van der Waals surface area contributed by atoms with Crippen LogP contribution in [-0.4, -0.2) is 16.3 Å². The van der Waals surface area contributed by atoms with Crippen molar-refractivity contribution in [1.29, 1.82) is 0 Å². The van der Waals surface area contributed by atoms with Crippen LogP contribution in [0.2, 0.25) is 5.15 Å². The summed E-state index contributed by atoms with van der Waals surface area (Å²) in [5.74, 6) is 0.386. The van der Waals surface area contributed by atoms with Gasteiger partial charge in [0.2, 0.25) is 0 Å². The summed E-state index contributed by atoms with van der Waals surface area (Å²) in [5.41, 5.74) is 10.8. The molecule has 108 valence electrons. The molecule has 0 saturated heterocycles. The highest BCUT2D eigenvalue weighted by Gasteiger charge is 2.17. The molecule has 1 heterocycles. The molecule has 2 rings (SSSR count). The fourth-order valence-corrected chi connectivity index (χ4v) is 2.84. The van der Waals surface area contributed by atoms with Crippen LogP contribution < -0.4 is 5.73 Å². The lowest BCUT2D eigenvalue weighted by atomic mass is 9.91. The summed E-state index contributed by atoms with van der Waals surface area (Å²) in [5, 5.41) is 5.09. The van der Waals surface area contributed by atoms with Crippen molar-refractivity contribution in [2.24, 2.45) is 18.7 Å². The van der Waals surface area contributed by atoms with Crippen LogP contribution in [0.5, 0.6) is 0 Å². The predicted octanol–water partition coefficient (Wildman–Crippen LogP) is 3.05. The lowest BCUT2D eigenvalue weighted by Gasteiger charge is -2.16. The Bertz CT molecular complexity index is 589. The fourth-order valence-electron chi connectivity index (χ4n) is 2.58. The van der Waals surface area contributed by atoms with Crippen LogP contribution in [0.3, 0.4) is 0 Å². The summed E-state index contributed by atoms with van der Waals surface area (Å²) >= 11 is 6.31. The van der Waals surface area contributed by atoms with Gasteiger partial charge < -0.3 is 5.73 Å². The van der Waals surface area contributed by atoms with Crippen LogP contribution >= 0.6 is 11.6 Å². The summed E-state index contributed by atoms with van der Waals surface area (Å²) in [6.45, 7) is 4.80. The monoisotopic (exact) mass is 291 g/mol. The van der Waals surface area contributed by atoms with Crippen molar-refractivity contribution in [2.45, 2.75) is 26.7 Å². The number of rotatable bonds is 5. The third kappa shape index (κ3) is 3.22. The van der Waals surface area contributed by atoms with Gasteiger partial charge in [-0.1, -0.05) is 35.9 Å². The molecule has 0 saturated carbocycles. The van der Waals surface area contributed by atoms with E-state index in [9.17, 15) is 0 Å². The number of aryl methyl sites for hydroxylation is 3. The minimum atomic E-state index is 0.386. The summed E-state index contributed by atoms with van der Waals surface area (Å²) in [7, 11) is 1.87. The molecule has 1 unspecified atom stereocenters. The van der Waals surface area contributed by atoms with Crippen molar-refractivity contribution in [3.63, 3.8) is 0 Å². The first-order chi connectivity index (χ1) is 9.52. The molecule has 0 fully saturated rings. The van der Waals surface area contributed by atoms with Gasteiger partial charge in [0.15, 0.2) is 0 Å². The normalized spacial score (nSPS) is 12.7. The Hall–Kier alpha value is -1.32. The van der Waals surface area contributed by atoms with Gasteiger partial charge in [-0.2, -0.15) is 5.10 Å². The number of hydrogen-bond donors (Lipinski definition) is 1. The SMILES string of the molecule is Cc1ccccc1CC(CN)Cc1c(C)nn(C)c1Cl. The van der Waals surface area contributed by atoms with E-state index in [1.807, 2.05) is 14.0 Å². The van der Waals surface area contributed by atoms with Crippen LogP contribution in [0.15, 0.2) is 24.3 Å². The molecule has 0 aliphatic heterocycles. The second-order valence-corrected chi connectivity index (χ2v) is 5.77. The topological polar surface area (TPSA) is 43.8 Å². The lowest BCUT2D eigenvalue weighted by molar-refractivity contribution is 0.531. The number of nitrogens with zero attached hydrogens (tertiary/aromatic N) is 2. The van der Waals surface area contributed by atoms with Crippen LogP contribution in [0.1, 0.15) is 22.4 Å². The summed E-state index contributed by atoms with van der Waals surface area (Å²) in [4.78, 5) is 0. The zero-order chi connectivity index (χ0) is 14.7. The van der Waals surface area contributed by atoms with Gasteiger partial charge >= 0.3 is 0 Å². The van der Waals surface area contributed by atoms with E-state index in [0.717, 1.165) is 29.3 Å². The van der Waals surface area contributed by atoms with E-state index in [-0.39, 0.29) is 0 Å². The van der Waals surface area contributed by atoms with Crippen molar-refractivity contribution in [2.75, 3.05) is 6.54 Å².